The highest BCUT2D eigenvalue weighted by atomic mass is 35.5. The summed E-state index contributed by atoms with van der Waals surface area (Å²) in [7, 11) is 0. The number of rotatable bonds is 7. The van der Waals surface area contributed by atoms with E-state index in [1.807, 2.05) is 6.92 Å². The molecule has 0 aromatic heterocycles. The van der Waals surface area contributed by atoms with Crippen LogP contribution >= 0.6 is 23.2 Å². The summed E-state index contributed by atoms with van der Waals surface area (Å²) in [6, 6.07) is 2.78. The van der Waals surface area contributed by atoms with Crippen molar-refractivity contribution in [2.45, 2.75) is 57.9 Å². The van der Waals surface area contributed by atoms with Crippen molar-refractivity contribution in [1.29, 1.82) is 0 Å². The van der Waals surface area contributed by atoms with E-state index in [1.165, 1.54) is 31.4 Å². The molecule has 0 heterocycles. The molecule has 1 aromatic carbocycles. The van der Waals surface area contributed by atoms with Gasteiger partial charge in [0.25, 0.3) is 0 Å². The van der Waals surface area contributed by atoms with Crippen LogP contribution in [0, 0.1) is 5.82 Å². The topological polar surface area (TPSA) is 26.0 Å². The first kappa shape index (κ1) is 16.7. The third-order valence-corrected chi connectivity index (χ3v) is 4.03. The SMILES string of the molecule is CCCCCCCC(C)(N)c1cc(F)c(Cl)cc1Cl. The third kappa shape index (κ3) is 4.94. The van der Waals surface area contributed by atoms with Crippen LogP contribution in [0.3, 0.4) is 0 Å². The lowest BCUT2D eigenvalue weighted by molar-refractivity contribution is 0.420. The Labute approximate surface area is 125 Å². The molecule has 1 atom stereocenters. The molecule has 19 heavy (non-hydrogen) atoms. The fourth-order valence-electron chi connectivity index (χ4n) is 2.19. The van der Waals surface area contributed by atoms with Crippen LogP contribution in [0.2, 0.25) is 10.0 Å². The van der Waals surface area contributed by atoms with Crippen LogP contribution in [0.1, 0.15) is 57.9 Å². The fraction of sp³-hybridized carbons (Fsp3) is 0.600. The summed E-state index contributed by atoms with van der Waals surface area (Å²) in [5.41, 5.74) is 6.29. The normalized spacial score (nSPS) is 14.4. The fourth-order valence-corrected chi connectivity index (χ4v) is 2.79. The lowest BCUT2D eigenvalue weighted by Gasteiger charge is -2.26. The predicted molar refractivity (Wildman–Crippen MR) is 81.3 cm³/mol. The summed E-state index contributed by atoms with van der Waals surface area (Å²) >= 11 is 11.8. The summed E-state index contributed by atoms with van der Waals surface area (Å²) < 4.78 is 13.5. The first-order chi connectivity index (χ1) is 8.88. The number of unbranched alkanes of at least 4 members (excludes halogenated alkanes) is 4. The quantitative estimate of drug-likeness (QED) is 0.510. The molecular formula is C15H22Cl2FN. The zero-order chi connectivity index (χ0) is 14.5. The molecule has 0 fully saturated rings. The first-order valence-corrected chi connectivity index (χ1v) is 7.58. The Hall–Kier alpha value is -0.310. The van der Waals surface area contributed by atoms with Gasteiger partial charge < -0.3 is 5.73 Å². The van der Waals surface area contributed by atoms with Gasteiger partial charge in [-0.1, -0.05) is 62.2 Å². The van der Waals surface area contributed by atoms with E-state index in [4.69, 9.17) is 28.9 Å². The van der Waals surface area contributed by atoms with Gasteiger partial charge in [-0.15, -0.1) is 0 Å². The molecule has 0 spiro atoms. The predicted octanol–water partition coefficient (Wildman–Crippen LogP) is 5.67. The molecule has 1 aromatic rings. The second kappa shape index (κ2) is 7.47. The van der Waals surface area contributed by atoms with Crippen LogP contribution in [0.15, 0.2) is 12.1 Å². The van der Waals surface area contributed by atoms with Crippen molar-refractivity contribution in [3.63, 3.8) is 0 Å². The van der Waals surface area contributed by atoms with Gasteiger partial charge in [0.05, 0.1) is 5.02 Å². The third-order valence-electron chi connectivity index (χ3n) is 3.42. The average Bonchev–Trinajstić information content (AvgIpc) is 2.33. The van der Waals surface area contributed by atoms with Crippen LogP contribution in [0.25, 0.3) is 0 Å². The van der Waals surface area contributed by atoms with Gasteiger partial charge >= 0.3 is 0 Å². The van der Waals surface area contributed by atoms with Gasteiger partial charge in [-0.05, 0) is 31.0 Å². The van der Waals surface area contributed by atoms with Crippen LogP contribution in [0.4, 0.5) is 4.39 Å². The highest BCUT2D eigenvalue weighted by Gasteiger charge is 2.24. The number of hydrogen-bond donors (Lipinski definition) is 1. The molecular weight excluding hydrogens is 284 g/mol. The first-order valence-electron chi connectivity index (χ1n) is 6.82. The van der Waals surface area contributed by atoms with E-state index in [2.05, 4.69) is 6.92 Å². The molecule has 0 amide bonds. The number of nitrogens with two attached hydrogens (primary N) is 1. The van der Waals surface area contributed by atoms with Crippen molar-refractivity contribution in [3.05, 3.63) is 33.6 Å². The number of benzene rings is 1. The maximum atomic E-state index is 13.5. The smallest absolute Gasteiger partial charge is 0.142 e. The van der Waals surface area contributed by atoms with Gasteiger partial charge in [-0.25, -0.2) is 4.39 Å². The maximum Gasteiger partial charge on any atom is 0.142 e. The number of halogens is 3. The van der Waals surface area contributed by atoms with Crippen molar-refractivity contribution >= 4 is 23.2 Å². The summed E-state index contributed by atoms with van der Waals surface area (Å²) in [6.07, 6.45) is 6.64. The van der Waals surface area contributed by atoms with Crippen LogP contribution in [-0.2, 0) is 5.54 Å². The molecule has 0 aliphatic carbocycles. The van der Waals surface area contributed by atoms with Gasteiger partial charge in [0.2, 0.25) is 0 Å². The van der Waals surface area contributed by atoms with Gasteiger partial charge in [-0.3, -0.25) is 0 Å². The van der Waals surface area contributed by atoms with E-state index in [1.54, 1.807) is 0 Å². The molecule has 1 unspecified atom stereocenters. The van der Waals surface area contributed by atoms with E-state index in [-0.39, 0.29) is 5.02 Å². The van der Waals surface area contributed by atoms with Crippen molar-refractivity contribution in [3.8, 4) is 0 Å². The van der Waals surface area contributed by atoms with Crippen LogP contribution in [0.5, 0.6) is 0 Å². The molecule has 108 valence electrons. The Balaban J connectivity index is 2.68. The van der Waals surface area contributed by atoms with Crippen molar-refractivity contribution in [2.75, 3.05) is 0 Å². The Kier molecular flexibility index (Phi) is 6.58. The molecule has 0 aliphatic rings. The Morgan fingerprint density at radius 3 is 2.37 bits per heavy atom. The lowest BCUT2D eigenvalue weighted by atomic mass is 9.87. The molecule has 1 nitrogen and oxygen atoms in total. The van der Waals surface area contributed by atoms with Gasteiger partial charge in [0.1, 0.15) is 5.82 Å². The highest BCUT2D eigenvalue weighted by molar-refractivity contribution is 6.35. The summed E-state index contributed by atoms with van der Waals surface area (Å²) in [4.78, 5) is 0. The van der Waals surface area contributed by atoms with Gasteiger partial charge in [0.15, 0.2) is 0 Å². The minimum absolute atomic E-state index is 0.0347. The second-order valence-corrected chi connectivity index (χ2v) is 6.14. The monoisotopic (exact) mass is 305 g/mol. The van der Waals surface area contributed by atoms with Crippen molar-refractivity contribution < 1.29 is 4.39 Å². The summed E-state index contributed by atoms with van der Waals surface area (Å²) in [5.74, 6) is -0.469. The Bertz CT molecular complexity index is 419. The molecule has 1 rings (SSSR count). The zero-order valence-corrected chi connectivity index (χ0v) is 13.1. The minimum atomic E-state index is -0.616. The lowest BCUT2D eigenvalue weighted by Crippen LogP contribution is -2.33. The molecule has 2 N–H and O–H groups in total. The molecule has 4 heteroatoms. The maximum absolute atomic E-state index is 13.5. The summed E-state index contributed by atoms with van der Waals surface area (Å²) in [6.45, 7) is 4.07. The second-order valence-electron chi connectivity index (χ2n) is 5.33. The molecule has 0 saturated heterocycles. The largest absolute Gasteiger partial charge is 0.322 e. The van der Waals surface area contributed by atoms with Gasteiger partial charge in [0, 0.05) is 10.6 Å². The van der Waals surface area contributed by atoms with E-state index in [0.29, 0.717) is 10.6 Å². The minimum Gasteiger partial charge on any atom is -0.322 e. The number of hydrogen-bond acceptors (Lipinski definition) is 1. The van der Waals surface area contributed by atoms with Gasteiger partial charge in [-0.2, -0.15) is 0 Å². The van der Waals surface area contributed by atoms with E-state index in [0.717, 1.165) is 19.3 Å². The average molecular weight is 306 g/mol. The molecule has 0 aliphatic heterocycles. The van der Waals surface area contributed by atoms with Crippen molar-refractivity contribution in [2.24, 2.45) is 5.73 Å². The van der Waals surface area contributed by atoms with E-state index < -0.39 is 11.4 Å². The standard InChI is InChI=1S/C15H22Cl2FN/c1-3-4-5-6-7-8-15(2,19)11-9-14(18)13(17)10-12(11)16/h9-10H,3-8,19H2,1-2H3. The van der Waals surface area contributed by atoms with Crippen LogP contribution in [-0.4, -0.2) is 0 Å². The van der Waals surface area contributed by atoms with E-state index in [9.17, 15) is 4.39 Å². The molecule has 0 radical (unpaired) electrons. The van der Waals surface area contributed by atoms with Crippen LogP contribution < -0.4 is 5.73 Å². The Morgan fingerprint density at radius 1 is 1.11 bits per heavy atom. The van der Waals surface area contributed by atoms with Crippen molar-refractivity contribution in [1.82, 2.24) is 0 Å². The highest BCUT2D eigenvalue weighted by Crippen LogP contribution is 2.33. The Morgan fingerprint density at radius 2 is 1.74 bits per heavy atom. The summed E-state index contributed by atoms with van der Waals surface area (Å²) in [5, 5.41) is 0.470. The molecule has 0 saturated carbocycles. The zero-order valence-electron chi connectivity index (χ0n) is 11.6. The van der Waals surface area contributed by atoms with E-state index >= 15 is 0 Å². The molecule has 0 bridgehead atoms.